The largest absolute Gasteiger partial charge is 0.395 e. The number of hydrogen-bond acceptors (Lipinski definition) is 6. The summed E-state index contributed by atoms with van der Waals surface area (Å²) in [4.78, 5) is 4.05. The van der Waals surface area contributed by atoms with Crippen LogP contribution < -0.4 is 28.1 Å². The van der Waals surface area contributed by atoms with Crippen LogP contribution in [0.4, 0.5) is 17.3 Å². The lowest BCUT2D eigenvalue weighted by molar-refractivity contribution is 0.372. The molecule has 1 heterocycles. The minimum atomic E-state index is 0.447. The molecule has 0 radical (unpaired) electrons. The quantitative estimate of drug-likeness (QED) is 0.305. The van der Waals surface area contributed by atoms with Crippen molar-refractivity contribution in [1.82, 2.24) is 10.3 Å². The molecule has 1 aliphatic rings. The van der Waals surface area contributed by atoms with E-state index in [9.17, 15) is 0 Å². The highest BCUT2D eigenvalue weighted by Gasteiger charge is 2.12. The summed E-state index contributed by atoms with van der Waals surface area (Å²) in [5, 5.41) is 3.63. The van der Waals surface area contributed by atoms with E-state index in [2.05, 4.69) is 15.7 Å². The Hall–Kier alpha value is -1.53. The molecule has 1 aliphatic carbocycles. The molecule has 1 fully saturated rings. The van der Waals surface area contributed by atoms with Crippen LogP contribution in [0.25, 0.3) is 0 Å². The number of nitrogens with zero attached hydrogens (tertiary/aromatic N) is 1. The molecule has 2 rings (SSSR count). The van der Waals surface area contributed by atoms with Crippen LogP contribution in [0.1, 0.15) is 44.1 Å². The Kier molecular flexibility index (Phi) is 5.43. The van der Waals surface area contributed by atoms with Gasteiger partial charge in [0.15, 0.2) is 5.82 Å². The van der Waals surface area contributed by atoms with Gasteiger partial charge in [0.2, 0.25) is 0 Å². The first-order valence-electron chi connectivity index (χ1n) is 7.45. The molecule has 0 bridgehead atoms. The highest BCUT2D eigenvalue weighted by molar-refractivity contribution is 5.68. The highest BCUT2D eigenvalue weighted by Crippen LogP contribution is 2.23. The van der Waals surface area contributed by atoms with Crippen molar-refractivity contribution in [1.29, 1.82) is 0 Å². The molecule has 1 aromatic heterocycles. The first-order valence-corrected chi connectivity index (χ1v) is 7.45. The van der Waals surface area contributed by atoms with Gasteiger partial charge in [-0.3, -0.25) is 0 Å². The van der Waals surface area contributed by atoms with Gasteiger partial charge in [-0.1, -0.05) is 19.3 Å². The smallest absolute Gasteiger partial charge is 0.165 e. The van der Waals surface area contributed by atoms with Crippen LogP contribution in [0.2, 0.25) is 0 Å². The second-order valence-electron chi connectivity index (χ2n) is 5.51. The normalized spacial score (nSPS) is 16.2. The standard InChI is InChI=1S/C14H26N6/c15-12-9-10(13(16)14(19-12)20-17)5-4-8-18-11-6-2-1-3-7-11/h9,11,18H,1-8,16-17H2,(H3,15,19,20). The monoisotopic (exact) mass is 278 g/mol. The zero-order valence-electron chi connectivity index (χ0n) is 12.0. The number of nitrogens with two attached hydrogens (primary N) is 3. The summed E-state index contributed by atoms with van der Waals surface area (Å²) in [5.74, 6) is 6.29. The molecule has 6 heteroatoms. The van der Waals surface area contributed by atoms with Crippen molar-refractivity contribution in [3.05, 3.63) is 11.6 Å². The van der Waals surface area contributed by atoms with Crippen LogP contribution in [0, 0.1) is 0 Å². The number of pyridine rings is 1. The second-order valence-corrected chi connectivity index (χ2v) is 5.51. The Balaban J connectivity index is 1.80. The molecule has 0 aromatic carbocycles. The lowest BCUT2D eigenvalue weighted by Gasteiger charge is -2.22. The third-order valence-electron chi connectivity index (χ3n) is 3.96. The van der Waals surface area contributed by atoms with Gasteiger partial charge in [0.25, 0.3) is 0 Å². The summed E-state index contributed by atoms with van der Waals surface area (Å²) in [5.41, 5.74) is 15.8. The molecule has 8 N–H and O–H groups in total. The van der Waals surface area contributed by atoms with Crippen molar-refractivity contribution < 1.29 is 0 Å². The van der Waals surface area contributed by atoms with E-state index in [0.717, 1.165) is 24.9 Å². The fourth-order valence-electron chi connectivity index (χ4n) is 2.84. The molecule has 0 saturated heterocycles. The van der Waals surface area contributed by atoms with E-state index < -0.39 is 0 Å². The fraction of sp³-hybridized carbons (Fsp3) is 0.643. The Morgan fingerprint density at radius 2 is 1.95 bits per heavy atom. The van der Waals surface area contributed by atoms with E-state index in [1.165, 1.54) is 32.1 Å². The van der Waals surface area contributed by atoms with Crippen molar-refractivity contribution >= 4 is 17.3 Å². The highest BCUT2D eigenvalue weighted by atomic mass is 15.3. The first-order chi connectivity index (χ1) is 9.70. The minimum absolute atomic E-state index is 0.447. The van der Waals surface area contributed by atoms with Crippen molar-refractivity contribution in [2.75, 3.05) is 23.4 Å². The van der Waals surface area contributed by atoms with Gasteiger partial charge in [0.1, 0.15) is 5.82 Å². The zero-order chi connectivity index (χ0) is 14.4. The minimum Gasteiger partial charge on any atom is -0.395 e. The zero-order valence-corrected chi connectivity index (χ0v) is 12.0. The number of hydrogen-bond donors (Lipinski definition) is 5. The van der Waals surface area contributed by atoms with E-state index in [-0.39, 0.29) is 0 Å². The predicted octanol–water partition coefficient (Wildman–Crippen LogP) is 1.39. The van der Waals surface area contributed by atoms with Gasteiger partial charge >= 0.3 is 0 Å². The summed E-state index contributed by atoms with van der Waals surface area (Å²) in [6, 6.07) is 2.53. The van der Waals surface area contributed by atoms with Crippen LogP contribution >= 0.6 is 0 Å². The number of nitrogen functional groups attached to an aromatic ring is 3. The van der Waals surface area contributed by atoms with Gasteiger partial charge in [0.05, 0.1) is 5.69 Å². The van der Waals surface area contributed by atoms with Crippen molar-refractivity contribution in [3.8, 4) is 0 Å². The van der Waals surface area contributed by atoms with E-state index >= 15 is 0 Å². The summed E-state index contributed by atoms with van der Waals surface area (Å²) in [6.45, 7) is 1.01. The molecular weight excluding hydrogens is 252 g/mol. The molecule has 6 nitrogen and oxygen atoms in total. The Labute approximate surface area is 120 Å². The Morgan fingerprint density at radius 1 is 1.20 bits per heavy atom. The molecule has 0 aliphatic heterocycles. The lowest BCUT2D eigenvalue weighted by atomic mass is 9.95. The average molecular weight is 278 g/mol. The third-order valence-corrected chi connectivity index (χ3v) is 3.96. The second kappa shape index (κ2) is 7.31. The molecule has 0 atom stereocenters. The lowest BCUT2D eigenvalue weighted by Crippen LogP contribution is -2.31. The van der Waals surface area contributed by atoms with Crippen LogP contribution in [-0.2, 0) is 6.42 Å². The van der Waals surface area contributed by atoms with Gasteiger partial charge in [0, 0.05) is 6.04 Å². The van der Waals surface area contributed by atoms with E-state index in [1.54, 1.807) is 0 Å². The summed E-state index contributed by atoms with van der Waals surface area (Å²) in [6.07, 6.45) is 8.65. The summed E-state index contributed by atoms with van der Waals surface area (Å²) >= 11 is 0. The number of hydrazine groups is 1. The van der Waals surface area contributed by atoms with Crippen LogP contribution in [0.5, 0.6) is 0 Å². The Bertz CT molecular complexity index is 428. The van der Waals surface area contributed by atoms with E-state index in [0.29, 0.717) is 23.4 Å². The molecule has 1 aromatic rings. The van der Waals surface area contributed by atoms with Crippen LogP contribution in [0.15, 0.2) is 6.07 Å². The first kappa shape index (κ1) is 14.9. The van der Waals surface area contributed by atoms with Crippen LogP contribution in [0.3, 0.4) is 0 Å². The van der Waals surface area contributed by atoms with E-state index in [1.807, 2.05) is 6.07 Å². The van der Waals surface area contributed by atoms with Crippen LogP contribution in [-0.4, -0.2) is 17.6 Å². The summed E-state index contributed by atoms with van der Waals surface area (Å²) in [7, 11) is 0. The summed E-state index contributed by atoms with van der Waals surface area (Å²) < 4.78 is 0. The number of rotatable bonds is 6. The van der Waals surface area contributed by atoms with Crippen molar-refractivity contribution in [2.24, 2.45) is 5.84 Å². The average Bonchev–Trinajstić information content (AvgIpc) is 2.47. The molecule has 0 amide bonds. The van der Waals surface area contributed by atoms with Gasteiger partial charge in [-0.05, 0) is 43.9 Å². The number of aromatic nitrogens is 1. The molecular formula is C14H26N6. The third kappa shape index (κ3) is 3.98. The number of anilines is 3. The van der Waals surface area contributed by atoms with Gasteiger partial charge in [-0.25, -0.2) is 10.8 Å². The number of aryl methyl sites for hydroxylation is 1. The Morgan fingerprint density at radius 3 is 2.65 bits per heavy atom. The van der Waals surface area contributed by atoms with Gasteiger partial charge in [-0.15, -0.1) is 0 Å². The maximum atomic E-state index is 6.01. The van der Waals surface area contributed by atoms with Crippen molar-refractivity contribution in [3.63, 3.8) is 0 Å². The molecule has 0 spiro atoms. The molecule has 0 unspecified atom stereocenters. The molecule has 112 valence electrons. The van der Waals surface area contributed by atoms with Gasteiger partial charge < -0.3 is 22.2 Å². The SMILES string of the molecule is NNc1nc(N)cc(CCCNC2CCCCC2)c1N. The van der Waals surface area contributed by atoms with E-state index in [4.69, 9.17) is 17.3 Å². The maximum absolute atomic E-state index is 6.01. The predicted molar refractivity (Wildman–Crippen MR) is 84.1 cm³/mol. The number of nitrogens with one attached hydrogen (secondary N) is 2. The van der Waals surface area contributed by atoms with Crippen molar-refractivity contribution in [2.45, 2.75) is 51.0 Å². The fourth-order valence-corrected chi connectivity index (χ4v) is 2.84. The topological polar surface area (TPSA) is 115 Å². The maximum Gasteiger partial charge on any atom is 0.165 e. The molecule has 1 saturated carbocycles. The molecule has 20 heavy (non-hydrogen) atoms. The van der Waals surface area contributed by atoms with Gasteiger partial charge in [-0.2, -0.15) is 0 Å².